The van der Waals surface area contributed by atoms with E-state index in [-0.39, 0.29) is 0 Å². The van der Waals surface area contributed by atoms with E-state index in [0.29, 0.717) is 18.0 Å². The fourth-order valence-electron chi connectivity index (χ4n) is 3.37. The largest absolute Gasteiger partial charge is 0.382 e. The summed E-state index contributed by atoms with van der Waals surface area (Å²) in [5.74, 6) is 1.37. The summed E-state index contributed by atoms with van der Waals surface area (Å²) in [6, 6.07) is 2.36. The van der Waals surface area contributed by atoms with Crippen molar-refractivity contribution < 1.29 is 4.74 Å². The molecule has 1 aliphatic heterocycles. The normalized spacial score (nSPS) is 27.6. The summed E-state index contributed by atoms with van der Waals surface area (Å²) in [5, 5.41) is 4.31. The summed E-state index contributed by atoms with van der Waals surface area (Å²) in [7, 11) is 1.81. The summed E-state index contributed by atoms with van der Waals surface area (Å²) < 4.78 is 7.52. The molecular formula is C15H24N4O. The van der Waals surface area contributed by atoms with E-state index in [1.807, 2.05) is 24.1 Å². The lowest BCUT2D eigenvalue weighted by Gasteiger charge is -2.26. The summed E-state index contributed by atoms with van der Waals surface area (Å²) in [6.07, 6.45) is 10.4. The van der Waals surface area contributed by atoms with Crippen LogP contribution in [0.15, 0.2) is 24.4 Å². The average Bonchev–Trinajstić information content (AvgIpc) is 3.14. The van der Waals surface area contributed by atoms with E-state index in [4.69, 9.17) is 10.5 Å². The second kappa shape index (κ2) is 5.97. The maximum atomic E-state index is 5.69. The van der Waals surface area contributed by atoms with E-state index in [2.05, 4.69) is 22.2 Å². The van der Waals surface area contributed by atoms with Crippen molar-refractivity contribution in [2.45, 2.75) is 38.0 Å². The smallest absolute Gasteiger partial charge is 0.145 e. The zero-order valence-electron chi connectivity index (χ0n) is 12.1. The Morgan fingerprint density at radius 1 is 1.35 bits per heavy atom. The molecule has 0 spiro atoms. The topological polar surface area (TPSA) is 56.3 Å². The zero-order valence-corrected chi connectivity index (χ0v) is 12.1. The Kier molecular flexibility index (Phi) is 4.08. The Morgan fingerprint density at radius 2 is 2.15 bits per heavy atom. The number of aromatic nitrogens is 2. The van der Waals surface area contributed by atoms with E-state index in [9.17, 15) is 0 Å². The van der Waals surface area contributed by atoms with Gasteiger partial charge in [-0.3, -0.25) is 9.58 Å². The van der Waals surface area contributed by atoms with Crippen molar-refractivity contribution in [2.75, 3.05) is 25.9 Å². The molecule has 5 nitrogen and oxygen atoms in total. The number of methoxy groups -OCH3 is 1. The van der Waals surface area contributed by atoms with Crippen LogP contribution in [-0.4, -0.2) is 47.0 Å². The lowest BCUT2D eigenvalue weighted by atomic mass is 10.1. The predicted molar refractivity (Wildman–Crippen MR) is 79.3 cm³/mol. The third kappa shape index (κ3) is 3.04. The molecule has 2 atom stereocenters. The third-order valence-electron chi connectivity index (χ3n) is 4.48. The summed E-state index contributed by atoms with van der Waals surface area (Å²) in [5.41, 5.74) is 5.69. The van der Waals surface area contributed by atoms with Gasteiger partial charge in [-0.15, -0.1) is 0 Å². The van der Waals surface area contributed by atoms with Crippen molar-refractivity contribution in [2.24, 2.45) is 5.92 Å². The van der Waals surface area contributed by atoms with E-state index >= 15 is 0 Å². The molecule has 3 rings (SSSR count). The van der Waals surface area contributed by atoms with Crippen molar-refractivity contribution in [1.82, 2.24) is 14.7 Å². The van der Waals surface area contributed by atoms with E-state index in [1.165, 1.54) is 12.8 Å². The monoisotopic (exact) mass is 276 g/mol. The van der Waals surface area contributed by atoms with Crippen molar-refractivity contribution in [3.8, 4) is 0 Å². The van der Waals surface area contributed by atoms with Crippen molar-refractivity contribution >= 4 is 5.82 Å². The van der Waals surface area contributed by atoms with Crippen molar-refractivity contribution in [3.63, 3.8) is 0 Å². The Bertz CT molecular complexity index is 462. The lowest BCUT2D eigenvalue weighted by molar-refractivity contribution is 0.106. The number of anilines is 1. The maximum absolute atomic E-state index is 5.69. The molecule has 5 heteroatoms. The van der Waals surface area contributed by atoms with Gasteiger partial charge in [0.25, 0.3) is 0 Å². The van der Waals surface area contributed by atoms with Crippen LogP contribution < -0.4 is 5.73 Å². The molecule has 1 aromatic rings. The highest BCUT2D eigenvalue weighted by Gasteiger charge is 2.33. The van der Waals surface area contributed by atoms with Gasteiger partial charge in [0.1, 0.15) is 5.82 Å². The van der Waals surface area contributed by atoms with E-state index in [0.717, 1.165) is 32.0 Å². The van der Waals surface area contributed by atoms with Gasteiger partial charge >= 0.3 is 0 Å². The number of nitrogen functional groups attached to an aromatic ring is 1. The van der Waals surface area contributed by atoms with Crippen molar-refractivity contribution in [1.29, 1.82) is 0 Å². The molecule has 1 aromatic heterocycles. The molecule has 110 valence electrons. The van der Waals surface area contributed by atoms with Gasteiger partial charge in [-0.05, 0) is 31.2 Å². The number of hydrogen-bond donors (Lipinski definition) is 1. The van der Waals surface area contributed by atoms with Gasteiger partial charge in [0.05, 0.1) is 12.6 Å². The third-order valence-corrected chi connectivity index (χ3v) is 4.48. The SMILES string of the molecule is CO[C@H]1C[C@@H](Cn2ccc(N)n2)N(CC2CC=CC2)C1. The second-order valence-electron chi connectivity index (χ2n) is 5.97. The summed E-state index contributed by atoms with van der Waals surface area (Å²) >= 11 is 0. The summed E-state index contributed by atoms with van der Waals surface area (Å²) in [6.45, 7) is 3.10. The van der Waals surface area contributed by atoms with Crippen LogP contribution in [0.2, 0.25) is 0 Å². The molecule has 0 saturated carbocycles. The lowest BCUT2D eigenvalue weighted by Crippen LogP contribution is -2.36. The van der Waals surface area contributed by atoms with Crippen LogP contribution >= 0.6 is 0 Å². The van der Waals surface area contributed by atoms with Gasteiger partial charge in [0, 0.05) is 32.4 Å². The van der Waals surface area contributed by atoms with Crippen LogP contribution in [0, 0.1) is 5.92 Å². The zero-order chi connectivity index (χ0) is 13.9. The van der Waals surface area contributed by atoms with Gasteiger partial charge in [0.15, 0.2) is 0 Å². The number of nitrogens with two attached hydrogens (primary N) is 1. The average molecular weight is 276 g/mol. The molecule has 1 saturated heterocycles. The van der Waals surface area contributed by atoms with Crippen molar-refractivity contribution in [3.05, 3.63) is 24.4 Å². The molecule has 20 heavy (non-hydrogen) atoms. The first-order valence-corrected chi connectivity index (χ1v) is 7.45. The molecular weight excluding hydrogens is 252 g/mol. The number of allylic oxidation sites excluding steroid dienone is 2. The van der Waals surface area contributed by atoms with Crippen LogP contribution in [0.1, 0.15) is 19.3 Å². The van der Waals surface area contributed by atoms with Gasteiger partial charge in [-0.2, -0.15) is 5.10 Å². The van der Waals surface area contributed by atoms with E-state index in [1.54, 1.807) is 0 Å². The number of nitrogens with zero attached hydrogens (tertiary/aromatic N) is 3. The molecule has 0 amide bonds. The molecule has 2 aliphatic rings. The number of ether oxygens (including phenoxy) is 1. The number of rotatable bonds is 5. The molecule has 0 aromatic carbocycles. The Hall–Kier alpha value is -1.33. The Morgan fingerprint density at radius 3 is 2.80 bits per heavy atom. The minimum atomic E-state index is 0.349. The van der Waals surface area contributed by atoms with Gasteiger partial charge in [0.2, 0.25) is 0 Å². The maximum Gasteiger partial charge on any atom is 0.145 e. The van der Waals surface area contributed by atoms with Crippen LogP contribution in [0.3, 0.4) is 0 Å². The fourth-order valence-corrected chi connectivity index (χ4v) is 3.37. The molecule has 1 aliphatic carbocycles. The molecule has 0 radical (unpaired) electrons. The van der Waals surface area contributed by atoms with Crippen LogP contribution in [0.5, 0.6) is 0 Å². The highest BCUT2D eigenvalue weighted by Crippen LogP contribution is 2.26. The fraction of sp³-hybridized carbons (Fsp3) is 0.667. The number of likely N-dealkylation sites (tertiary alicyclic amines) is 1. The molecule has 0 bridgehead atoms. The highest BCUT2D eigenvalue weighted by atomic mass is 16.5. The van der Waals surface area contributed by atoms with Crippen LogP contribution in [0.25, 0.3) is 0 Å². The molecule has 2 heterocycles. The molecule has 0 unspecified atom stereocenters. The van der Waals surface area contributed by atoms with Gasteiger partial charge in [-0.25, -0.2) is 0 Å². The van der Waals surface area contributed by atoms with Gasteiger partial charge < -0.3 is 10.5 Å². The highest BCUT2D eigenvalue weighted by molar-refractivity contribution is 5.23. The Balaban J connectivity index is 1.62. The first-order chi connectivity index (χ1) is 9.74. The molecule has 2 N–H and O–H groups in total. The standard InChI is InChI=1S/C15H24N4O/c1-20-14-8-13(10-19-7-6-15(16)17-19)18(11-14)9-12-4-2-3-5-12/h2-3,6-7,12-14H,4-5,8-11H2,1H3,(H2,16,17)/t13-,14-/m0/s1. The number of hydrogen-bond acceptors (Lipinski definition) is 4. The predicted octanol–water partition coefficient (Wildman–Crippen LogP) is 1.52. The minimum absolute atomic E-state index is 0.349. The summed E-state index contributed by atoms with van der Waals surface area (Å²) in [4.78, 5) is 2.57. The van der Waals surface area contributed by atoms with Gasteiger partial charge in [-0.1, -0.05) is 12.2 Å². The van der Waals surface area contributed by atoms with Crippen LogP contribution in [0.4, 0.5) is 5.82 Å². The molecule has 1 fully saturated rings. The van der Waals surface area contributed by atoms with E-state index < -0.39 is 0 Å². The first kappa shape index (κ1) is 13.6. The minimum Gasteiger partial charge on any atom is -0.382 e. The van der Waals surface area contributed by atoms with Crippen LogP contribution in [-0.2, 0) is 11.3 Å². The Labute approximate surface area is 120 Å². The quantitative estimate of drug-likeness (QED) is 0.829. The second-order valence-corrected chi connectivity index (χ2v) is 5.97. The first-order valence-electron chi connectivity index (χ1n) is 7.45.